The maximum absolute atomic E-state index is 6.22. The van der Waals surface area contributed by atoms with Crippen molar-refractivity contribution in [3.8, 4) is 5.88 Å². The Morgan fingerprint density at radius 3 is 2.89 bits per heavy atom. The zero-order valence-corrected chi connectivity index (χ0v) is 11.9. The van der Waals surface area contributed by atoms with Crippen molar-refractivity contribution >= 4 is 5.82 Å². The lowest BCUT2D eigenvalue weighted by atomic mass is 9.90. The largest absolute Gasteiger partial charge is 0.478 e. The van der Waals surface area contributed by atoms with Crippen LogP contribution in [0.5, 0.6) is 5.88 Å². The molecule has 1 aliphatic carbocycles. The molecular formula is C14H24N4O. The number of nitrogens with two attached hydrogens (primary N) is 1. The van der Waals surface area contributed by atoms with Crippen LogP contribution >= 0.6 is 0 Å². The Morgan fingerprint density at radius 1 is 1.37 bits per heavy atom. The minimum atomic E-state index is 0.230. The topological polar surface area (TPSA) is 64.3 Å². The Morgan fingerprint density at radius 2 is 2.16 bits per heavy atom. The highest BCUT2D eigenvalue weighted by Gasteiger charge is 2.26. The first kappa shape index (κ1) is 14.1. The molecule has 1 aliphatic rings. The Labute approximate surface area is 115 Å². The van der Waals surface area contributed by atoms with Gasteiger partial charge in [-0.25, -0.2) is 9.97 Å². The number of hydrogen-bond acceptors (Lipinski definition) is 5. The summed E-state index contributed by atoms with van der Waals surface area (Å²) in [6.07, 6.45) is 7.24. The first-order chi connectivity index (χ1) is 9.22. The molecule has 1 heterocycles. The molecule has 1 aromatic heterocycles. The molecule has 0 spiro atoms. The molecule has 1 fully saturated rings. The minimum absolute atomic E-state index is 0.230. The molecule has 19 heavy (non-hydrogen) atoms. The van der Waals surface area contributed by atoms with Crippen molar-refractivity contribution in [1.82, 2.24) is 9.97 Å². The van der Waals surface area contributed by atoms with E-state index in [0.717, 1.165) is 25.1 Å². The van der Waals surface area contributed by atoms with Crippen LogP contribution in [0.2, 0.25) is 0 Å². The maximum Gasteiger partial charge on any atom is 0.218 e. The van der Waals surface area contributed by atoms with E-state index in [2.05, 4.69) is 28.8 Å². The van der Waals surface area contributed by atoms with Gasteiger partial charge in [0, 0.05) is 25.2 Å². The van der Waals surface area contributed by atoms with Gasteiger partial charge in [0.05, 0.1) is 6.61 Å². The zero-order chi connectivity index (χ0) is 13.7. The first-order valence-electron chi connectivity index (χ1n) is 7.15. The lowest BCUT2D eigenvalue weighted by molar-refractivity contribution is 0.304. The Bertz CT molecular complexity index is 399. The average molecular weight is 264 g/mol. The van der Waals surface area contributed by atoms with Crippen LogP contribution in [0.4, 0.5) is 5.82 Å². The molecule has 2 unspecified atom stereocenters. The van der Waals surface area contributed by atoms with Gasteiger partial charge in [-0.15, -0.1) is 0 Å². The molecule has 0 radical (unpaired) electrons. The zero-order valence-electron chi connectivity index (χ0n) is 11.9. The van der Waals surface area contributed by atoms with Crippen molar-refractivity contribution in [1.29, 1.82) is 0 Å². The maximum atomic E-state index is 6.22. The number of nitrogens with zero attached hydrogens (tertiary/aromatic N) is 3. The second kappa shape index (κ2) is 6.70. The third-order valence-corrected chi connectivity index (χ3v) is 3.72. The summed E-state index contributed by atoms with van der Waals surface area (Å²) in [6, 6.07) is 2.49. The van der Waals surface area contributed by atoms with Crippen LogP contribution in [-0.4, -0.2) is 35.7 Å². The summed E-state index contributed by atoms with van der Waals surface area (Å²) in [5, 5.41) is 0. The molecule has 2 N–H and O–H groups in total. The molecular weight excluding hydrogens is 240 g/mol. The van der Waals surface area contributed by atoms with Crippen LogP contribution in [0.1, 0.15) is 39.0 Å². The summed E-state index contributed by atoms with van der Waals surface area (Å²) in [5.41, 5.74) is 6.22. The number of rotatable bonds is 5. The number of likely N-dealkylation sites (N-methyl/N-ethyl adjacent to an activating group) is 1. The molecule has 0 saturated heterocycles. The van der Waals surface area contributed by atoms with Gasteiger partial charge in [0.15, 0.2) is 0 Å². The summed E-state index contributed by atoms with van der Waals surface area (Å²) >= 11 is 0. The molecule has 0 aromatic carbocycles. The fourth-order valence-electron chi connectivity index (χ4n) is 2.60. The fraction of sp³-hybridized carbons (Fsp3) is 0.714. The molecule has 2 rings (SSSR count). The molecule has 5 nitrogen and oxygen atoms in total. The SMILES string of the molecule is CCCOc1cc(N(C)C2CCCCC2N)ncn1. The normalized spacial score (nSPS) is 23.1. The monoisotopic (exact) mass is 264 g/mol. The lowest BCUT2D eigenvalue weighted by Gasteiger charge is -2.36. The van der Waals surface area contributed by atoms with Gasteiger partial charge in [-0.05, 0) is 19.3 Å². The van der Waals surface area contributed by atoms with Crippen molar-refractivity contribution in [3.63, 3.8) is 0 Å². The van der Waals surface area contributed by atoms with Gasteiger partial charge in [0.2, 0.25) is 5.88 Å². The van der Waals surface area contributed by atoms with E-state index >= 15 is 0 Å². The summed E-state index contributed by atoms with van der Waals surface area (Å²) in [4.78, 5) is 10.6. The second-order valence-corrected chi connectivity index (χ2v) is 5.19. The van der Waals surface area contributed by atoms with Crippen molar-refractivity contribution in [2.24, 2.45) is 5.73 Å². The predicted octanol–water partition coefficient (Wildman–Crippen LogP) is 1.97. The smallest absolute Gasteiger partial charge is 0.218 e. The van der Waals surface area contributed by atoms with E-state index in [1.165, 1.54) is 12.8 Å². The standard InChI is InChI=1S/C14H24N4O/c1-3-8-19-14-9-13(16-10-17-14)18(2)12-7-5-4-6-11(12)15/h9-12H,3-8,15H2,1-2H3. The quantitative estimate of drug-likeness (QED) is 0.881. The number of hydrogen-bond donors (Lipinski definition) is 1. The van der Waals surface area contributed by atoms with Crippen molar-refractivity contribution in [2.75, 3.05) is 18.6 Å². The summed E-state index contributed by atoms with van der Waals surface area (Å²) < 4.78 is 5.55. The third kappa shape index (κ3) is 3.56. The van der Waals surface area contributed by atoms with Gasteiger partial charge in [0.1, 0.15) is 12.1 Å². The highest BCUT2D eigenvalue weighted by atomic mass is 16.5. The molecule has 106 valence electrons. The van der Waals surface area contributed by atoms with E-state index in [1.807, 2.05) is 6.07 Å². The average Bonchev–Trinajstić information content (AvgIpc) is 2.45. The van der Waals surface area contributed by atoms with Crippen LogP contribution in [0.25, 0.3) is 0 Å². The number of anilines is 1. The predicted molar refractivity (Wildman–Crippen MR) is 76.5 cm³/mol. The Kier molecular flexibility index (Phi) is 4.96. The number of aromatic nitrogens is 2. The van der Waals surface area contributed by atoms with Crippen LogP contribution < -0.4 is 15.4 Å². The van der Waals surface area contributed by atoms with Crippen molar-refractivity contribution in [2.45, 2.75) is 51.1 Å². The van der Waals surface area contributed by atoms with Gasteiger partial charge in [0.25, 0.3) is 0 Å². The molecule has 0 amide bonds. The van der Waals surface area contributed by atoms with Gasteiger partial charge in [-0.3, -0.25) is 0 Å². The van der Waals surface area contributed by atoms with Crippen LogP contribution in [0, 0.1) is 0 Å². The van der Waals surface area contributed by atoms with E-state index in [-0.39, 0.29) is 6.04 Å². The molecule has 0 aliphatic heterocycles. The van der Waals surface area contributed by atoms with Crippen molar-refractivity contribution < 1.29 is 4.74 Å². The summed E-state index contributed by atoms with van der Waals surface area (Å²) in [6.45, 7) is 2.76. The van der Waals surface area contributed by atoms with Crippen LogP contribution in [0.3, 0.4) is 0 Å². The fourth-order valence-corrected chi connectivity index (χ4v) is 2.60. The van der Waals surface area contributed by atoms with Gasteiger partial charge >= 0.3 is 0 Å². The van der Waals surface area contributed by atoms with E-state index in [4.69, 9.17) is 10.5 Å². The van der Waals surface area contributed by atoms with E-state index in [1.54, 1.807) is 6.33 Å². The highest BCUT2D eigenvalue weighted by Crippen LogP contribution is 2.25. The highest BCUT2D eigenvalue weighted by molar-refractivity contribution is 5.41. The molecule has 1 aromatic rings. The lowest BCUT2D eigenvalue weighted by Crippen LogP contribution is -2.48. The van der Waals surface area contributed by atoms with Gasteiger partial charge in [-0.1, -0.05) is 19.8 Å². The third-order valence-electron chi connectivity index (χ3n) is 3.72. The summed E-state index contributed by atoms with van der Waals surface area (Å²) in [5.74, 6) is 1.53. The van der Waals surface area contributed by atoms with Crippen molar-refractivity contribution in [3.05, 3.63) is 12.4 Å². The van der Waals surface area contributed by atoms with Gasteiger partial charge < -0.3 is 15.4 Å². The number of ether oxygens (including phenoxy) is 1. The molecule has 5 heteroatoms. The molecule has 1 saturated carbocycles. The van der Waals surface area contributed by atoms with E-state index < -0.39 is 0 Å². The molecule has 2 atom stereocenters. The van der Waals surface area contributed by atoms with Crippen LogP contribution in [-0.2, 0) is 0 Å². The Balaban J connectivity index is 2.07. The molecule has 0 bridgehead atoms. The first-order valence-corrected chi connectivity index (χ1v) is 7.15. The van der Waals surface area contributed by atoms with Gasteiger partial charge in [-0.2, -0.15) is 0 Å². The Hall–Kier alpha value is -1.36. The summed E-state index contributed by atoms with van der Waals surface area (Å²) in [7, 11) is 2.06. The second-order valence-electron chi connectivity index (χ2n) is 5.19. The van der Waals surface area contributed by atoms with E-state index in [0.29, 0.717) is 18.5 Å². The van der Waals surface area contributed by atoms with E-state index in [9.17, 15) is 0 Å². The minimum Gasteiger partial charge on any atom is -0.478 e. The van der Waals surface area contributed by atoms with Crippen LogP contribution in [0.15, 0.2) is 12.4 Å².